The number of halogens is 2. The number of rotatable bonds is 8. The average Bonchev–Trinajstić information content (AvgIpc) is 3.27. The van der Waals surface area contributed by atoms with Gasteiger partial charge in [0.2, 0.25) is 5.91 Å². The summed E-state index contributed by atoms with van der Waals surface area (Å²) in [5, 5.41) is 7.43. The first-order chi connectivity index (χ1) is 17.3. The predicted molar refractivity (Wildman–Crippen MR) is 131 cm³/mol. The normalized spacial score (nSPS) is 16.6. The molecule has 10 nitrogen and oxygen atoms in total. The Bertz CT molecular complexity index is 1160. The summed E-state index contributed by atoms with van der Waals surface area (Å²) in [4.78, 5) is 51.4. The smallest absolute Gasteiger partial charge is 0.408 e. The van der Waals surface area contributed by atoms with Crippen molar-refractivity contribution < 1.29 is 33.0 Å². The molecule has 192 valence electrons. The Morgan fingerprint density at radius 3 is 2.69 bits per heavy atom. The van der Waals surface area contributed by atoms with Crippen LogP contribution in [0.5, 0.6) is 0 Å². The minimum atomic E-state index is -1.25. The zero-order chi connectivity index (χ0) is 25.7. The van der Waals surface area contributed by atoms with Crippen molar-refractivity contribution in [3.63, 3.8) is 0 Å². The molecule has 4 rings (SSSR count). The van der Waals surface area contributed by atoms with Gasteiger partial charge in [-0.1, -0.05) is 11.6 Å². The van der Waals surface area contributed by atoms with Gasteiger partial charge in [0.1, 0.15) is 24.6 Å². The molecule has 3 N–H and O–H groups in total. The minimum absolute atomic E-state index is 0.0895. The Morgan fingerprint density at radius 2 is 2.06 bits per heavy atom. The van der Waals surface area contributed by atoms with Crippen molar-refractivity contribution in [1.29, 1.82) is 0 Å². The summed E-state index contributed by atoms with van der Waals surface area (Å²) in [7, 11) is 0. The largest absolute Gasteiger partial charge is 0.446 e. The molecule has 36 heavy (non-hydrogen) atoms. The number of carbonyl (C=O) groups is 4. The molecule has 2 aliphatic rings. The minimum Gasteiger partial charge on any atom is -0.446 e. The number of morpholine rings is 1. The summed E-state index contributed by atoms with van der Waals surface area (Å²) in [6, 6.07) is 5.80. The molecule has 0 unspecified atom stereocenters. The topological polar surface area (TPSA) is 126 Å². The van der Waals surface area contributed by atoms with E-state index in [1.807, 2.05) is 0 Å². The van der Waals surface area contributed by atoms with E-state index in [4.69, 9.17) is 21.1 Å². The van der Waals surface area contributed by atoms with Crippen molar-refractivity contribution in [2.45, 2.75) is 31.4 Å². The van der Waals surface area contributed by atoms with E-state index in [0.29, 0.717) is 21.5 Å². The fraction of sp³-hybridized carbons (Fsp3) is 0.391. The number of anilines is 2. The van der Waals surface area contributed by atoms with Crippen molar-refractivity contribution in [3.8, 4) is 0 Å². The van der Waals surface area contributed by atoms with E-state index in [-0.39, 0.29) is 37.4 Å². The van der Waals surface area contributed by atoms with Gasteiger partial charge in [-0.3, -0.25) is 14.4 Å². The summed E-state index contributed by atoms with van der Waals surface area (Å²) in [6.07, 6.45) is 1.40. The van der Waals surface area contributed by atoms with Gasteiger partial charge in [0, 0.05) is 18.8 Å². The van der Waals surface area contributed by atoms with Crippen LogP contribution in [-0.2, 0) is 19.1 Å². The zero-order valence-corrected chi connectivity index (χ0v) is 20.6. The van der Waals surface area contributed by atoms with Gasteiger partial charge in [-0.15, -0.1) is 11.3 Å². The number of hydrogen-bond acceptors (Lipinski definition) is 7. The first-order valence-electron chi connectivity index (χ1n) is 11.3. The Morgan fingerprint density at radius 1 is 1.25 bits per heavy atom. The highest BCUT2D eigenvalue weighted by Crippen LogP contribution is 2.24. The Kier molecular flexibility index (Phi) is 8.39. The maximum Gasteiger partial charge on any atom is 0.408 e. The summed E-state index contributed by atoms with van der Waals surface area (Å²) in [5.41, 5.74) is 0.180. The van der Waals surface area contributed by atoms with E-state index in [9.17, 15) is 23.6 Å². The van der Waals surface area contributed by atoms with Gasteiger partial charge in [0.05, 0.1) is 21.5 Å². The second kappa shape index (κ2) is 11.7. The van der Waals surface area contributed by atoms with Gasteiger partial charge >= 0.3 is 6.09 Å². The van der Waals surface area contributed by atoms with Crippen LogP contribution < -0.4 is 20.9 Å². The van der Waals surface area contributed by atoms with Gasteiger partial charge in [0.15, 0.2) is 0 Å². The van der Waals surface area contributed by atoms with E-state index in [2.05, 4.69) is 16.0 Å². The highest BCUT2D eigenvalue weighted by Gasteiger charge is 2.28. The van der Waals surface area contributed by atoms with Crippen LogP contribution in [0, 0.1) is 5.82 Å². The number of thiophene rings is 1. The maximum atomic E-state index is 14.8. The van der Waals surface area contributed by atoms with Crippen molar-refractivity contribution in [1.82, 2.24) is 10.6 Å². The van der Waals surface area contributed by atoms with Crippen LogP contribution in [0.3, 0.4) is 0 Å². The van der Waals surface area contributed by atoms with Crippen molar-refractivity contribution >= 4 is 58.1 Å². The highest BCUT2D eigenvalue weighted by molar-refractivity contribution is 7.18. The van der Waals surface area contributed by atoms with Gasteiger partial charge in [-0.05, 0) is 49.6 Å². The number of alkyl carbamates (subject to hydrolysis) is 1. The van der Waals surface area contributed by atoms with Crippen LogP contribution in [0.25, 0.3) is 0 Å². The number of nitrogens with zero attached hydrogens (tertiary/aromatic N) is 1. The molecule has 1 aliphatic heterocycles. The third-order valence-corrected chi connectivity index (χ3v) is 6.94. The van der Waals surface area contributed by atoms with Crippen LogP contribution in [0.2, 0.25) is 4.34 Å². The lowest BCUT2D eigenvalue weighted by Crippen LogP contribution is -2.51. The van der Waals surface area contributed by atoms with Crippen LogP contribution >= 0.6 is 22.9 Å². The number of benzene rings is 1. The van der Waals surface area contributed by atoms with E-state index in [1.165, 1.54) is 23.1 Å². The van der Waals surface area contributed by atoms with Gasteiger partial charge in [0.25, 0.3) is 11.8 Å². The molecule has 1 saturated carbocycles. The molecule has 1 saturated heterocycles. The van der Waals surface area contributed by atoms with Crippen LogP contribution in [-0.4, -0.2) is 62.3 Å². The first-order valence-corrected chi connectivity index (χ1v) is 12.5. The van der Waals surface area contributed by atoms with Crippen molar-refractivity contribution in [2.75, 3.05) is 36.5 Å². The number of ether oxygens (including phenoxy) is 2. The molecule has 0 spiro atoms. The standard InChI is InChI=1S/C23H24ClFN4O6S/c24-19-7-6-18(36-19)22(32)26-11-17(28-23(33)35-14-2-1-3-14)21(31)27-16-5-4-13(10-15(16)25)29-8-9-34-12-20(29)30/h4-7,10,14,17H,1-3,8-9,11-12H2,(H,26,32)(H,27,31)(H,28,33)/t17-/m0/s1. The lowest BCUT2D eigenvalue weighted by molar-refractivity contribution is -0.125. The van der Waals surface area contributed by atoms with Crippen LogP contribution in [0.15, 0.2) is 30.3 Å². The Balaban J connectivity index is 1.42. The Hall–Kier alpha value is -3.22. The van der Waals surface area contributed by atoms with Crippen LogP contribution in [0.4, 0.5) is 20.6 Å². The fourth-order valence-corrected chi connectivity index (χ4v) is 4.49. The van der Waals surface area contributed by atoms with Gasteiger partial charge < -0.3 is 30.3 Å². The maximum absolute atomic E-state index is 14.8. The molecule has 1 aliphatic carbocycles. The van der Waals surface area contributed by atoms with Crippen LogP contribution in [0.1, 0.15) is 28.9 Å². The monoisotopic (exact) mass is 538 g/mol. The zero-order valence-electron chi connectivity index (χ0n) is 19.1. The molecule has 4 amide bonds. The molecule has 1 atom stereocenters. The second-order valence-corrected chi connectivity index (χ2v) is 9.94. The molecule has 0 radical (unpaired) electrons. The Labute approximate surface area is 215 Å². The SMILES string of the molecule is O=C(N[C@@H](CNC(=O)c1ccc(Cl)s1)C(=O)Nc1ccc(N2CCOCC2=O)cc1F)OC1CCC1. The lowest BCUT2D eigenvalue weighted by Gasteiger charge is -2.27. The second-order valence-electron chi connectivity index (χ2n) is 8.22. The molecule has 1 aromatic heterocycles. The molecular formula is C23H24ClFN4O6S. The molecule has 2 aromatic rings. The number of amides is 4. The van der Waals surface area contributed by atoms with Crippen molar-refractivity contribution in [2.24, 2.45) is 0 Å². The lowest BCUT2D eigenvalue weighted by atomic mass is 9.96. The molecular weight excluding hydrogens is 515 g/mol. The van der Waals surface area contributed by atoms with Gasteiger partial charge in [-0.25, -0.2) is 9.18 Å². The third-order valence-electron chi connectivity index (χ3n) is 5.71. The summed E-state index contributed by atoms with van der Waals surface area (Å²) in [5.74, 6) is -2.31. The summed E-state index contributed by atoms with van der Waals surface area (Å²) in [6.45, 7) is 0.253. The molecule has 13 heteroatoms. The van der Waals surface area contributed by atoms with Gasteiger partial charge in [-0.2, -0.15) is 0 Å². The molecule has 0 bridgehead atoms. The number of carbonyl (C=O) groups excluding carboxylic acids is 4. The average molecular weight is 539 g/mol. The van der Waals surface area contributed by atoms with Crippen molar-refractivity contribution in [3.05, 3.63) is 45.4 Å². The van der Waals surface area contributed by atoms with E-state index in [0.717, 1.165) is 36.7 Å². The first kappa shape index (κ1) is 25.9. The molecule has 1 aromatic carbocycles. The predicted octanol–water partition coefficient (Wildman–Crippen LogP) is 2.92. The molecule has 2 fully saturated rings. The van der Waals surface area contributed by atoms with E-state index >= 15 is 0 Å². The third kappa shape index (κ3) is 6.50. The quantitative estimate of drug-likeness (QED) is 0.474. The fourth-order valence-electron chi connectivity index (χ4n) is 3.53. The highest BCUT2D eigenvalue weighted by atomic mass is 35.5. The summed E-state index contributed by atoms with van der Waals surface area (Å²) >= 11 is 6.93. The molecule has 2 heterocycles. The summed E-state index contributed by atoms with van der Waals surface area (Å²) < 4.78 is 25.6. The van der Waals surface area contributed by atoms with E-state index < -0.39 is 29.8 Å². The van der Waals surface area contributed by atoms with E-state index in [1.54, 1.807) is 6.07 Å². The number of hydrogen-bond donors (Lipinski definition) is 3. The number of nitrogens with one attached hydrogen (secondary N) is 3.